The first-order chi connectivity index (χ1) is 13.4. The zero-order valence-corrected chi connectivity index (χ0v) is 18.7. The van der Waals surface area contributed by atoms with Crippen LogP contribution in [0.2, 0.25) is 10.0 Å². The number of amides is 1. The van der Waals surface area contributed by atoms with E-state index in [0.717, 1.165) is 55.3 Å². The van der Waals surface area contributed by atoms with E-state index in [1.807, 2.05) is 30.3 Å². The summed E-state index contributed by atoms with van der Waals surface area (Å²) < 4.78 is 1.74. The van der Waals surface area contributed by atoms with Gasteiger partial charge >= 0.3 is 0 Å². The van der Waals surface area contributed by atoms with Crippen LogP contribution in [0.25, 0.3) is 11.1 Å². The van der Waals surface area contributed by atoms with Gasteiger partial charge in [0.15, 0.2) is 0 Å². The Morgan fingerprint density at radius 2 is 1.76 bits per heavy atom. The topological polar surface area (TPSA) is 58.4 Å². The van der Waals surface area contributed by atoms with Crippen molar-refractivity contribution in [3.05, 3.63) is 40.1 Å². The summed E-state index contributed by atoms with van der Waals surface area (Å²) in [5, 5.41) is 15.1. The Balaban J connectivity index is 0.00000240. The average Bonchev–Trinajstić information content (AvgIpc) is 3.25. The molecule has 0 bridgehead atoms. The fourth-order valence-electron chi connectivity index (χ4n) is 4.47. The van der Waals surface area contributed by atoms with Crippen LogP contribution in [0, 0.1) is 5.92 Å². The minimum Gasteiger partial charge on any atom is -0.393 e. The van der Waals surface area contributed by atoms with Crippen LogP contribution in [-0.2, 0) is 18.3 Å². The molecule has 1 saturated carbocycles. The van der Waals surface area contributed by atoms with Gasteiger partial charge in [-0.05, 0) is 61.8 Å². The molecule has 1 aliphatic heterocycles. The molecule has 0 spiro atoms. The van der Waals surface area contributed by atoms with Crippen molar-refractivity contribution in [2.45, 2.75) is 50.7 Å². The number of aromatic nitrogens is 2. The Labute approximate surface area is 187 Å². The summed E-state index contributed by atoms with van der Waals surface area (Å²) in [6, 6.07) is 4.07. The highest BCUT2D eigenvalue weighted by atomic mass is 35.5. The molecule has 2 aromatic rings. The van der Waals surface area contributed by atoms with Crippen LogP contribution >= 0.6 is 35.6 Å². The number of benzene rings is 1. The summed E-state index contributed by atoms with van der Waals surface area (Å²) in [5.74, 6) is 0.121. The lowest BCUT2D eigenvalue weighted by molar-refractivity contribution is -0.133. The normalized spacial score (nSPS) is 24.6. The second-order valence-electron chi connectivity index (χ2n) is 8.00. The molecule has 1 aromatic carbocycles. The lowest BCUT2D eigenvalue weighted by Crippen LogP contribution is -2.41. The number of halogens is 3. The van der Waals surface area contributed by atoms with E-state index >= 15 is 0 Å². The molecule has 5 nitrogen and oxygen atoms in total. The molecule has 158 valence electrons. The summed E-state index contributed by atoms with van der Waals surface area (Å²) >= 11 is 13.1. The molecular weight excluding hydrogens is 433 g/mol. The first-order valence-electron chi connectivity index (χ1n) is 9.88. The quantitative estimate of drug-likeness (QED) is 0.733. The Kier molecular flexibility index (Phi) is 7.15. The highest BCUT2D eigenvalue weighted by Crippen LogP contribution is 2.36. The van der Waals surface area contributed by atoms with Crippen LogP contribution in [0.4, 0.5) is 0 Å². The van der Waals surface area contributed by atoms with E-state index in [1.165, 1.54) is 0 Å². The molecule has 2 aliphatic rings. The van der Waals surface area contributed by atoms with E-state index in [4.69, 9.17) is 23.2 Å². The lowest BCUT2D eigenvalue weighted by Gasteiger charge is -2.33. The van der Waals surface area contributed by atoms with Gasteiger partial charge in [0.25, 0.3) is 0 Å². The third-order valence-electron chi connectivity index (χ3n) is 6.09. The monoisotopic (exact) mass is 457 g/mol. The van der Waals surface area contributed by atoms with Gasteiger partial charge in [0, 0.05) is 47.4 Å². The largest absolute Gasteiger partial charge is 0.393 e. The van der Waals surface area contributed by atoms with Gasteiger partial charge < -0.3 is 10.0 Å². The van der Waals surface area contributed by atoms with Gasteiger partial charge in [-0.2, -0.15) is 5.10 Å². The molecule has 8 heteroatoms. The Morgan fingerprint density at radius 1 is 1.10 bits per heavy atom. The van der Waals surface area contributed by atoms with Crippen molar-refractivity contribution in [1.29, 1.82) is 0 Å². The molecule has 1 atom stereocenters. The van der Waals surface area contributed by atoms with Crippen LogP contribution in [-0.4, -0.2) is 44.4 Å². The third kappa shape index (κ3) is 4.74. The minimum atomic E-state index is -0.208. The fourth-order valence-corrected chi connectivity index (χ4v) is 5.11. The standard InChI is InChI=1S/C21H25Cl2N3O2.ClH/c1-25-12-15(11-24-25)14-9-19(22)18(20(23)10-14)8-13-6-7-26(21(13)28)16-2-4-17(27)5-3-16;/h9-13,16-17,27H,2-8H2,1H3;1H/t13?,16-,17+;. The van der Waals surface area contributed by atoms with E-state index < -0.39 is 0 Å². The second-order valence-corrected chi connectivity index (χ2v) is 8.82. The van der Waals surface area contributed by atoms with Crippen molar-refractivity contribution in [2.75, 3.05) is 6.54 Å². The number of aliphatic hydroxyl groups excluding tert-OH is 1. The number of carbonyl (C=O) groups is 1. The Bertz CT molecular complexity index is 855. The van der Waals surface area contributed by atoms with Crippen molar-refractivity contribution in [3.8, 4) is 11.1 Å². The summed E-state index contributed by atoms with van der Waals surface area (Å²) in [4.78, 5) is 15.0. The van der Waals surface area contributed by atoms with E-state index in [-0.39, 0.29) is 36.4 Å². The van der Waals surface area contributed by atoms with Crippen molar-refractivity contribution in [3.63, 3.8) is 0 Å². The maximum Gasteiger partial charge on any atom is 0.226 e. The summed E-state index contributed by atoms with van der Waals surface area (Å²) in [7, 11) is 1.87. The van der Waals surface area contributed by atoms with E-state index in [9.17, 15) is 9.90 Å². The number of carbonyl (C=O) groups excluding carboxylic acids is 1. The van der Waals surface area contributed by atoms with Gasteiger partial charge in [0.2, 0.25) is 5.91 Å². The van der Waals surface area contributed by atoms with Crippen LogP contribution in [0.1, 0.15) is 37.7 Å². The number of hydrogen-bond donors (Lipinski definition) is 1. The number of hydrogen-bond acceptors (Lipinski definition) is 3. The maximum atomic E-state index is 13.0. The molecule has 1 unspecified atom stereocenters. The number of rotatable bonds is 4. The summed E-state index contributed by atoms with van der Waals surface area (Å²) in [5.41, 5.74) is 2.72. The highest BCUT2D eigenvalue weighted by Gasteiger charge is 2.37. The van der Waals surface area contributed by atoms with Crippen molar-refractivity contribution < 1.29 is 9.90 Å². The molecule has 2 heterocycles. The number of aliphatic hydroxyl groups is 1. The zero-order valence-electron chi connectivity index (χ0n) is 16.4. The van der Waals surface area contributed by atoms with Crippen LogP contribution in [0.5, 0.6) is 0 Å². The number of nitrogens with zero attached hydrogens (tertiary/aromatic N) is 3. The Morgan fingerprint density at radius 3 is 2.34 bits per heavy atom. The molecule has 2 fully saturated rings. The Hall–Kier alpha value is -1.27. The molecule has 1 amide bonds. The molecule has 4 rings (SSSR count). The van der Waals surface area contributed by atoms with Crippen LogP contribution in [0.3, 0.4) is 0 Å². The van der Waals surface area contributed by atoms with Crippen LogP contribution < -0.4 is 0 Å². The molecule has 1 saturated heterocycles. The zero-order chi connectivity index (χ0) is 19.8. The predicted molar refractivity (Wildman–Crippen MR) is 118 cm³/mol. The molecule has 1 aliphatic carbocycles. The van der Waals surface area contributed by atoms with Gasteiger partial charge in [-0.25, -0.2) is 0 Å². The minimum absolute atomic E-state index is 0. The third-order valence-corrected chi connectivity index (χ3v) is 6.76. The molecular formula is C21H26Cl3N3O2. The molecule has 1 N–H and O–H groups in total. The van der Waals surface area contributed by atoms with Crippen molar-refractivity contribution >= 4 is 41.5 Å². The molecule has 29 heavy (non-hydrogen) atoms. The predicted octanol–water partition coefficient (Wildman–Crippen LogP) is 4.51. The number of aryl methyl sites for hydroxylation is 1. The smallest absolute Gasteiger partial charge is 0.226 e. The van der Waals surface area contributed by atoms with E-state index in [1.54, 1.807) is 10.9 Å². The molecule has 1 aromatic heterocycles. The van der Waals surface area contributed by atoms with Gasteiger partial charge in [-0.15, -0.1) is 12.4 Å². The van der Waals surface area contributed by atoms with Gasteiger partial charge in [-0.3, -0.25) is 9.48 Å². The summed E-state index contributed by atoms with van der Waals surface area (Å²) in [6.45, 7) is 0.785. The van der Waals surface area contributed by atoms with Crippen LogP contribution in [0.15, 0.2) is 24.5 Å². The van der Waals surface area contributed by atoms with Crippen molar-refractivity contribution in [1.82, 2.24) is 14.7 Å². The first-order valence-corrected chi connectivity index (χ1v) is 10.6. The van der Waals surface area contributed by atoms with Crippen molar-refractivity contribution in [2.24, 2.45) is 13.0 Å². The second kappa shape index (κ2) is 9.25. The SMILES string of the molecule is Cl.Cn1cc(-c2cc(Cl)c(CC3CCN([C@H]4CC[C@@H](O)CC4)C3=O)c(Cl)c2)cn1. The number of likely N-dealkylation sites (tertiary alicyclic amines) is 1. The first kappa shape index (κ1) is 22.4. The summed E-state index contributed by atoms with van der Waals surface area (Å²) in [6.07, 6.45) is 8.23. The fraction of sp³-hybridized carbons (Fsp3) is 0.524. The van der Waals surface area contributed by atoms with Gasteiger partial charge in [-0.1, -0.05) is 23.2 Å². The van der Waals surface area contributed by atoms with E-state index in [0.29, 0.717) is 16.5 Å². The highest BCUT2D eigenvalue weighted by molar-refractivity contribution is 6.36. The van der Waals surface area contributed by atoms with Gasteiger partial charge in [0.05, 0.1) is 12.3 Å². The molecule has 0 radical (unpaired) electrons. The maximum absolute atomic E-state index is 13.0. The van der Waals surface area contributed by atoms with Gasteiger partial charge in [0.1, 0.15) is 0 Å². The average molecular weight is 459 g/mol. The van der Waals surface area contributed by atoms with E-state index in [2.05, 4.69) is 5.10 Å². The lowest BCUT2D eigenvalue weighted by atomic mass is 9.92.